The summed E-state index contributed by atoms with van der Waals surface area (Å²) in [5, 5.41) is 11.7. The summed E-state index contributed by atoms with van der Waals surface area (Å²) in [5.74, 6) is -1.13. The van der Waals surface area contributed by atoms with E-state index >= 15 is 0 Å². The number of carbonyl (C=O) groups is 3. The van der Waals surface area contributed by atoms with Crippen molar-refractivity contribution in [2.75, 3.05) is 10.6 Å². The summed E-state index contributed by atoms with van der Waals surface area (Å²) in [6.45, 7) is 1.80. The molecule has 5 aromatic rings. The van der Waals surface area contributed by atoms with Gasteiger partial charge in [0.1, 0.15) is 5.70 Å². The van der Waals surface area contributed by atoms with Crippen LogP contribution in [0.5, 0.6) is 0 Å². The highest BCUT2D eigenvalue weighted by Crippen LogP contribution is 2.31. The van der Waals surface area contributed by atoms with Crippen LogP contribution in [0.25, 0.3) is 17.3 Å². The highest BCUT2D eigenvalue weighted by molar-refractivity contribution is 8.00. The Kier molecular flexibility index (Phi) is 11.2. The number of nitrogens with zero attached hydrogens (tertiary/aromatic N) is 1. The van der Waals surface area contributed by atoms with Gasteiger partial charge in [-0.1, -0.05) is 71.2 Å². The van der Waals surface area contributed by atoms with Gasteiger partial charge in [0, 0.05) is 32.1 Å². The first-order chi connectivity index (χ1) is 22.1. The van der Waals surface area contributed by atoms with Crippen molar-refractivity contribution >= 4 is 92.5 Å². The number of anilines is 2. The number of nitrogens with one attached hydrogen (secondary N) is 3. The molecule has 0 fully saturated rings. The Bertz CT molecular complexity index is 1900. The Morgan fingerprint density at radius 3 is 2.26 bits per heavy atom. The fraction of sp³-hybridized carbons (Fsp3) is 0.0588. The van der Waals surface area contributed by atoms with E-state index in [1.807, 2.05) is 11.4 Å². The van der Waals surface area contributed by atoms with Gasteiger partial charge in [-0.05, 0) is 79.2 Å². The third-order valence-corrected chi connectivity index (χ3v) is 9.31. The molecule has 0 saturated carbocycles. The molecule has 4 aromatic carbocycles. The lowest BCUT2D eigenvalue weighted by molar-refractivity contribution is -0.115. The van der Waals surface area contributed by atoms with Gasteiger partial charge < -0.3 is 16.0 Å². The fourth-order valence-corrected chi connectivity index (χ4v) is 6.08. The van der Waals surface area contributed by atoms with E-state index in [0.717, 1.165) is 10.5 Å². The van der Waals surface area contributed by atoms with Crippen molar-refractivity contribution in [2.45, 2.75) is 17.1 Å². The minimum absolute atomic E-state index is 0.0597. The zero-order valence-corrected chi connectivity index (χ0v) is 28.0. The number of carbonyl (C=O) groups excluding carboxylic acids is 3. The lowest BCUT2D eigenvalue weighted by Crippen LogP contribution is -2.30. The van der Waals surface area contributed by atoms with Gasteiger partial charge in [-0.2, -0.15) is 0 Å². The molecule has 232 valence electrons. The highest BCUT2D eigenvalue weighted by Gasteiger charge is 2.18. The Morgan fingerprint density at radius 1 is 0.848 bits per heavy atom. The quantitative estimate of drug-likeness (QED) is 0.0993. The number of aromatic nitrogens is 1. The number of thiazole rings is 1. The smallest absolute Gasteiger partial charge is 0.272 e. The molecule has 0 spiro atoms. The predicted octanol–water partition coefficient (Wildman–Crippen LogP) is 9.30. The number of amides is 3. The van der Waals surface area contributed by atoms with Crippen LogP contribution in [0.2, 0.25) is 15.1 Å². The van der Waals surface area contributed by atoms with Crippen LogP contribution in [-0.2, 0) is 9.59 Å². The molecule has 0 aliphatic heterocycles. The van der Waals surface area contributed by atoms with Crippen molar-refractivity contribution in [1.82, 2.24) is 10.3 Å². The van der Waals surface area contributed by atoms with Crippen molar-refractivity contribution in [2.24, 2.45) is 0 Å². The number of hydrogen-bond acceptors (Lipinski definition) is 6. The van der Waals surface area contributed by atoms with Crippen LogP contribution in [0, 0.1) is 0 Å². The second kappa shape index (κ2) is 15.4. The molecule has 0 saturated heterocycles. The number of rotatable bonds is 10. The van der Waals surface area contributed by atoms with E-state index in [1.165, 1.54) is 23.1 Å². The molecule has 1 aromatic heterocycles. The van der Waals surface area contributed by atoms with E-state index in [0.29, 0.717) is 42.7 Å². The van der Waals surface area contributed by atoms with Crippen LogP contribution in [-0.4, -0.2) is 28.0 Å². The van der Waals surface area contributed by atoms with Gasteiger partial charge in [-0.15, -0.1) is 23.1 Å². The van der Waals surface area contributed by atoms with Gasteiger partial charge in [-0.3, -0.25) is 14.4 Å². The Hall–Kier alpha value is -4.12. The zero-order valence-electron chi connectivity index (χ0n) is 24.1. The van der Waals surface area contributed by atoms with Gasteiger partial charge in [-0.25, -0.2) is 4.98 Å². The average Bonchev–Trinajstić information content (AvgIpc) is 3.52. The minimum atomic E-state index is -0.504. The van der Waals surface area contributed by atoms with Gasteiger partial charge >= 0.3 is 0 Å². The molecule has 3 N–H and O–H groups in total. The van der Waals surface area contributed by atoms with Crippen LogP contribution < -0.4 is 16.0 Å². The van der Waals surface area contributed by atoms with Crippen LogP contribution in [0.1, 0.15) is 22.8 Å². The average molecular weight is 708 g/mol. The lowest BCUT2D eigenvalue weighted by Gasteiger charge is -2.13. The van der Waals surface area contributed by atoms with E-state index in [1.54, 1.807) is 104 Å². The largest absolute Gasteiger partial charge is 0.321 e. The summed E-state index contributed by atoms with van der Waals surface area (Å²) >= 11 is 20.8. The maximum atomic E-state index is 13.3. The SMILES string of the molecule is CC(Sc1ccc(NC(=O)/C(=C/c2ccc(Cl)cc2)NC(=O)c2ccccc2)cc1)C(=O)Nc1nc(-c2ccc(Cl)c(Cl)c2)cs1. The van der Waals surface area contributed by atoms with Crippen LogP contribution >= 0.6 is 57.9 Å². The lowest BCUT2D eigenvalue weighted by atomic mass is 10.1. The standard InChI is InChI=1S/C34H25Cl3N4O3S2/c1-20(31(42)41-34-40-30(19-45-34)23-9-16-27(36)28(37)18-23)46-26-14-12-25(13-15-26)38-33(44)29(17-21-7-10-24(35)11-8-21)39-32(43)22-5-3-2-4-6-22/h2-20H,1H3,(H,38,44)(H,39,43)(H,40,41,42)/b29-17-. The molecule has 5 rings (SSSR count). The van der Waals surface area contributed by atoms with Gasteiger partial charge in [0.2, 0.25) is 5.91 Å². The van der Waals surface area contributed by atoms with Crippen LogP contribution in [0.4, 0.5) is 10.8 Å². The molecule has 0 bridgehead atoms. The van der Waals surface area contributed by atoms with E-state index in [9.17, 15) is 14.4 Å². The second-order valence-corrected chi connectivity index (χ2v) is 13.3. The maximum Gasteiger partial charge on any atom is 0.272 e. The summed E-state index contributed by atoms with van der Waals surface area (Å²) in [6.07, 6.45) is 1.58. The Balaban J connectivity index is 1.21. The van der Waals surface area contributed by atoms with Gasteiger partial charge in [0.05, 0.1) is 21.0 Å². The van der Waals surface area contributed by atoms with E-state index < -0.39 is 17.1 Å². The molecule has 1 atom stereocenters. The molecule has 0 radical (unpaired) electrons. The van der Waals surface area contributed by atoms with E-state index in [-0.39, 0.29) is 11.6 Å². The molecule has 1 unspecified atom stereocenters. The molecule has 0 aliphatic rings. The number of halogens is 3. The monoisotopic (exact) mass is 706 g/mol. The normalized spacial score (nSPS) is 11.9. The molecule has 1 heterocycles. The van der Waals surface area contributed by atoms with Crippen LogP contribution in [0.15, 0.2) is 113 Å². The summed E-state index contributed by atoms with van der Waals surface area (Å²) in [7, 11) is 0. The highest BCUT2D eigenvalue weighted by atomic mass is 35.5. The summed E-state index contributed by atoms with van der Waals surface area (Å²) in [6, 6.07) is 27.8. The molecule has 7 nitrogen and oxygen atoms in total. The second-order valence-electron chi connectivity index (χ2n) is 9.82. The van der Waals surface area contributed by atoms with Crippen molar-refractivity contribution < 1.29 is 14.4 Å². The third kappa shape index (κ3) is 8.99. The Morgan fingerprint density at radius 2 is 1.57 bits per heavy atom. The summed E-state index contributed by atoms with van der Waals surface area (Å²) in [5.41, 5.74) is 3.16. The predicted molar refractivity (Wildman–Crippen MR) is 190 cm³/mol. The zero-order chi connectivity index (χ0) is 32.6. The number of hydrogen-bond donors (Lipinski definition) is 3. The van der Waals surface area contributed by atoms with E-state index in [2.05, 4.69) is 20.9 Å². The number of thioether (sulfide) groups is 1. The first-order valence-electron chi connectivity index (χ1n) is 13.8. The van der Waals surface area contributed by atoms with Crippen molar-refractivity contribution in [3.63, 3.8) is 0 Å². The summed E-state index contributed by atoms with van der Waals surface area (Å²) < 4.78 is 0. The topological polar surface area (TPSA) is 100 Å². The number of benzene rings is 4. The maximum absolute atomic E-state index is 13.3. The third-order valence-electron chi connectivity index (χ3n) is 6.45. The molecular formula is C34H25Cl3N4O3S2. The van der Waals surface area contributed by atoms with Crippen LogP contribution in [0.3, 0.4) is 0 Å². The van der Waals surface area contributed by atoms with Gasteiger partial charge in [0.15, 0.2) is 5.13 Å². The van der Waals surface area contributed by atoms with Crippen molar-refractivity contribution in [1.29, 1.82) is 0 Å². The fourth-order valence-electron chi connectivity index (χ4n) is 4.07. The van der Waals surface area contributed by atoms with E-state index in [4.69, 9.17) is 34.8 Å². The minimum Gasteiger partial charge on any atom is -0.321 e. The molecule has 46 heavy (non-hydrogen) atoms. The van der Waals surface area contributed by atoms with Crippen molar-refractivity contribution in [3.8, 4) is 11.3 Å². The Labute approximate surface area is 289 Å². The molecular weight excluding hydrogens is 683 g/mol. The first kappa shape index (κ1) is 33.2. The summed E-state index contributed by atoms with van der Waals surface area (Å²) in [4.78, 5) is 44.4. The molecule has 12 heteroatoms. The van der Waals surface area contributed by atoms with Gasteiger partial charge in [0.25, 0.3) is 11.8 Å². The molecule has 3 amide bonds. The molecule has 0 aliphatic carbocycles. The first-order valence-corrected chi connectivity index (χ1v) is 16.7. The van der Waals surface area contributed by atoms with Crippen molar-refractivity contribution in [3.05, 3.63) is 134 Å².